The molecule has 0 saturated heterocycles. The third-order valence-corrected chi connectivity index (χ3v) is 8.11. The topological polar surface area (TPSA) is 82.1 Å². The molecule has 0 radical (unpaired) electrons. The van der Waals surface area contributed by atoms with E-state index >= 15 is 0 Å². The first kappa shape index (κ1) is 42.4. The molecular formula is C37H71NO6. The Kier molecular flexibility index (Phi) is 31.5. The molecule has 44 heavy (non-hydrogen) atoms. The van der Waals surface area contributed by atoms with Crippen LogP contribution in [0, 0.1) is 0 Å². The smallest absolute Gasteiger partial charge is 0.306 e. The van der Waals surface area contributed by atoms with Crippen LogP contribution in [-0.4, -0.2) is 62.8 Å². The van der Waals surface area contributed by atoms with E-state index in [1.165, 1.54) is 103 Å². The van der Waals surface area contributed by atoms with E-state index in [0.717, 1.165) is 45.1 Å². The van der Waals surface area contributed by atoms with Crippen molar-refractivity contribution in [1.82, 2.24) is 4.90 Å². The molecule has 0 aliphatic carbocycles. The average Bonchev–Trinajstić information content (AvgIpc) is 2.99. The Morgan fingerprint density at radius 2 is 0.773 bits per heavy atom. The minimum absolute atomic E-state index is 0.0775. The molecule has 0 amide bonds. The Balaban J connectivity index is 4.24. The third-order valence-electron chi connectivity index (χ3n) is 8.11. The highest BCUT2D eigenvalue weighted by Gasteiger charge is 2.19. The number of hydrogen-bond acceptors (Lipinski definition) is 7. The van der Waals surface area contributed by atoms with Crippen LogP contribution in [0.4, 0.5) is 0 Å². The Bertz CT molecular complexity index is 668. The second-order valence-electron chi connectivity index (χ2n) is 13.0. The van der Waals surface area contributed by atoms with E-state index in [-0.39, 0.29) is 31.1 Å². The lowest BCUT2D eigenvalue weighted by Crippen LogP contribution is -2.31. The van der Waals surface area contributed by atoms with Crippen LogP contribution in [0.2, 0.25) is 0 Å². The van der Waals surface area contributed by atoms with Gasteiger partial charge >= 0.3 is 17.9 Å². The first-order valence-corrected chi connectivity index (χ1v) is 18.5. The molecule has 0 N–H and O–H groups in total. The Labute approximate surface area is 271 Å². The summed E-state index contributed by atoms with van der Waals surface area (Å²) in [5, 5.41) is 0. The SMILES string of the molecule is CCCCCCCCCCCCCC(=O)OCC(COC(=O)CCCN(C)C)OC(=O)CCCCCCCCCCCCC. The van der Waals surface area contributed by atoms with Crippen LogP contribution in [-0.2, 0) is 28.6 Å². The lowest BCUT2D eigenvalue weighted by molar-refractivity contribution is -0.167. The number of hydrogen-bond donors (Lipinski definition) is 0. The second kappa shape index (κ2) is 32.8. The maximum Gasteiger partial charge on any atom is 0.306 e. The summed E-state index contributed by atoms with van der Waals surface area (Å²) in [6.45, 7) is 5.12. The van der Waals surface area contributed by atoms with Crippen LogP contribution in [0.25, 0.3) is 0 Å². The summed E-state index contributed by atoms with van der Waals surface area (Å²) in [7, 11) is 3.92. The summed E-state index contributed by atoms with van der Waals surface area (Å²) in [4.78, 5) is 39.1. The molecule has 0 aliphatic rings. The van der Waals surface area contributed by atoms with Crippen molar-refractivity contribution >= 4 is 17.9 Å². The monoisotopic (exact) mass is 626 g/mol. The minimum atomic E-state index is -0.769. The zero-order valence-corrected chi connectivity index (χ0v) is 29.5. The molecule has 0 aliphatic heterocycles. The molecule has 0 aromatic carbocycles. The van der Waals surface area contributed by atoms with Crippen LogP contribution >= 0.6 is 0 Å². The van der Waals surface area contributed by atoms with Gasteiger partial charge in [0, 0.05) is 19.3 Å². The fraction of sp³-hybridized carbons (Fsp3) is 0.919. The normalized spacial score (nSPS) is 11.9. The summed E-state index contributed by atoms with van der Waals surface area (Å²) in [6, 6.07) is 0. The Morgan fingerprint density at radius 1 is 0.455 bits per heavy atom. The van der Waals surface area contributed by atoms with Gasteiger partial charge in [0.2, 0.25) is 0 Å². The molecule has 7 heteroatoms. The van der Waals surface area contributed by atoms with Gasteiger partial charge in [0.25, 0.3) is 0 Å². The summed E-state index contributed by atoms with van der Waals surface area (Å²) in [6.07, 6.45) is 27.8. The van der Waals surface area contributed by atoms with Gasteiger partial charge < -0.3 is 19.1 Å². The molecule has 7 nitrogen and oxygen atoms in total. The zero-order valence-electron chi connectivity index (χ0n) is 29.5. The fourth-order valence-electron chi connectivity index (χ4n) is 5.28. The molecule has 0 heterocycles. The van der Waals surface area contributed by atoms with Crippen LogP contribution in [0.15, 0.2) is 0 Å². The van der Waals surface area contributed by atoms with Gasteiger partial charge in [-0.1, -0.05) is 142 Å². The van der Waals surface area contributed by atoms with Gasteiger partial charge in [-0.2, -0.15) is 0 Å². The predicted octanol–water partition coefficient (Wildman–Crippen LogP) is 9.73. The second-order valence-corrected chi connectivity index (χ2v) is 13.0. The molecular weight excluding hydrogens is 554 g/mol. The van der Waals surface area contributed by atoms with Crippen molar-refractivity contribution in [3.05, 3.63) is 0 Å². The van der Waals surface area contributed by atoms with E-state index < -0.39 is 6.10 Å². The number of carbonyl (C=O) groups is 3. The summed E-state index contributed by atoms with van der Waals surface area (Å²) >= 11 is 0. The molecule has 1 atom stereocenters. The molecule has 0 rings (SSSR count). The molecule has 0 fully saturated rings. The summed E-state index contributed by atoms with van der Waals surface area (Å²) in [5.41, 5.74) is 0. The van der Waals surface area contributed by atoms with Crippen LogP contribution in [0.5, 0.6) is 0 Å². The first-order chi connectivity index (χ1) is 21.4. The van der Waals surface area contributed by atoms with E-state index in [4.69, 9.17) is 14.2 Å². The quantitative estimate of drug-likeness (QED) is 0.0408. The molecule has 1 unspecified atom stereocenters. The molecule has 0 aromatic heterocycles. The highest BCUT2D eigenvalue weighted by atomic mass is 16.6. The largest absolute Gasteiger partial charge is 0.462 e. The number of rotatable bonds is 33. The lowest BCUT2D eigenvalue weighted by atomic mass is 10.1. The van der Waals surface area contributed by atoms with Crippen molar-refractivity contribution in [3.8, 4) is 0 Å². The van der Waals surface area contributed by atoms with Crippen molar-refractivity contribution in [3.63, 3.8) is 0 Å². The minimum Gasteiger partial charge on any atom is -0.462 e. The first-order valence-electron chi connectivity index (χ1n) is 18.5. The van der Waals surface area contributed by atoms with Crippen molar-refractivity contribution < 1.29 is 28.6 Å². The van der Waals surface area contributed by atoms with E-state index in [9.17, 15) is 14.4 Å². The van der Waals surface area contributed by atoms with Gasteiger partial charge in [-0.3, -0.25) is 14.4 Å². The molecule has 0 saturated carbocycles. The van der Waals surface area contributed by atoms with Crippen molar-refractivity contribution in [2.75, 3.05) is 33.9 Å². The van der Waals surface area contributed by atoms with E-state index in [0.29, 0.717) is 25.7 Å². The lowest BCUT2D eigenvalue weighted by Gasteiger charge is -2.18. The third kappa shape index (κ3) is 31.8. The van der Waals surface area contributed by atoms with E-state index in [1.807, 2.05) is 19.0 Å². The van der Waals surface area contributed by atoms with Crippen LogP contribution in [0.3, 0.4) is 0 Å². The molecule has 0 bridgehead atoms. The van der Waals surface area contributed by atoms with Gasteiger partial charge in [0.05, 0.1) is 0 Å². The maximum absolute atomic E-state index is 12.5. The highest BCUT2D eigenvalue weighted by molar-refractivity contribution is 5.71. The highest BCUT2D eigenvalue weighted by Crippen LogP contribution is 2.14. The Morgan fingerprint density at radius 3 is 1.14 bits per heavy atom. The van der Waals surface area contributed by atoms with Crippen molar-refractivity contribution in [1.29, 1.82) is 0 Å². The number of ether oxygens (including phenoxy) is 3. The number of esters is 3. The number of carbonyl (C=O) groups excluding carboxylic acids is 3. The van der Waals surface area contributed by atoms with Gasteiger partial charge in [0.15, 0.2) is 6.10 Å². The van der Waals surface area contributed by atoms with Crippen LogP contribution in [0.1, 0.15) is 181 Å². The van der Waals surface area contributed by atoms with Gasteiger partial charge in [-0.05, 0) is 39.9 Å². The number of unbranched alkanes of at least 4 members (excludes halogenated alkanes) is 20. The molecule has 260 valence electrons. The van der Waals surface area contributed by atoms with Gasteiger partial charge in [-0.15, -0.1) is 0 Å². The van der Waals surface area contributed by atoms with Gasteiger partial charge in [-0.25, -0.2) is 0 Å². The summed E-state index contributed by atoms with van der Waals surface area (Å²) < 4.78 is 16.4. The standard InChI is InChI=1S/C37H71NO6/c1-5-7-9-11-13-15-17-19-21-23-25-28-35(39)42-32-34(33-43-36(40)30-27-31-38(3)4)44-37(41)29-26-24-22-20-18-16-14-12-10-8-6-2/h34H,5-33H2,1-4H3. The average molecular weight is 626 g/mol. The van der Waals surface area contributed by atoms with Crippen molar-refractivity contribution in [2.45, 2.75) is 187 Å². The molecule has 0 spiro atoms. The maximum atomic E-state index is 12.5. The van der Waals surface area contributed by atoms with Gasteiger partial charge in [0.1, 0.15) is 13.2 Å². The molecule has 0 aromatic rings. The van der Waals surface area contributed by atoms with Crippen molar-refractivity contribution in [2.24, 2.45) is 0 Å². The predicted molar refractivity (Wildman–Crippen MR) is 182 cm³/mol. The van der Waals surface area contributed by atoms with E-state index in [1.54, 1.807) is 0 Å². The number of nitrogens with zero attached hydrogens (tertiary/aromatic N) is 1. The van der Waals surface area contributed by atoms with E-state index in [2.05, 4.69) is 13.8 Å². The van der Waals surface area contributed by atoms with Crippen LogP contribution < -0.4 is 0 Å². The Hall–Kier alpha value is -1.63. The fourth-order valence-corrected chi connectivity index (χ4v) is 5.28. The zero-order chi connectivity index (χ0) is 32.5. The summed E-state index contributed by atoms with van der Waals surface area (Å²) in [5.74, 6) is -0.939.